The number of aromatic nitrogens is 12. The van der Waals surface area contributed by atoms with E-state index in [1.165, 1.54) is 56.7 Å². The van der Waals surface area contributed by atoms with E-state index in [0.717, 1.165) is 112 Å². The number of carbonyl (C=O) groups excluding carboxylic acids is 3. The van der Waals surface area contributed by atoms with E-state index < -0.39 is 29.4 Å². The Balaban J connectivity index is 0.000000198. The molecule has 0 unspecified atom stereocenters. The zero-order chi connectivity index (χ0) is 95.8. The maximum Gasteiger partial charge on any atom is 0.494 e. The van der Waals surface area contributed by atoms with Crippen molar-refractivity contribution >= 4 is 111 Å². The largest absolute Gasteiger partial charge is 0.494 e. The number of Topliss-reactive ketones (excluding diaryl/α,β-unsaturated/α-hetero) is 1. The first kappa shape index (κ1) is 103. The minimum atomic E-state index is -0.900. The van der Waals surface area contributed by atoms with Crippen LogP contribution in [0.25, 0.3) is 33.4 Å². The fourth-order valence-electron chi connectivity index (χ4n) is 12.5. The lowest BCUT2D eigenvalue weighted by molar-refractivity contribution is 0.00578. The Morgan fingerprint density at radius 1 is 0.477 bits per heavy atom. The summed E-state index contributed by atoms with van der Waals surface area (Å²) in [4.78, 5) is 73.0. The quantitative estimate of drug-likeness (QED) is 0.0264. The van der Waals surface area contributed by atoms with Crippen LogP contribution in [0, 0.1) is 34.6 Å². The van der Waals surface area contributed by atoms with E-state index in [4.69, 9.17) is 52.8 Å². The number of nitrogens with two attached hydrogens (primary N) is 1. The summed E-state index contributed by atoms with van der Waals surface area (Å²) in [6.07, 6.45) is 22.3. The highest BCUT2D eigenvalue weighted by atomic mass is 35.5. The maximum atomic E-state index is 12.7. The van der Waals surface area contributed by atoms with Crippen molar-refractivity contribution in [2.24, 2.45) is 21.1 Å². The number of pyridine rings is 4. The van der Waals surface area contributed by atoms with Crippen LogP contribution >= 0.6 is 45.9 Å². The number of ketones is 1. The first-order valence-corrected chi connectivity index (χ1v) is 45.0. The summed E-state index contributed by atoms with van der Waals surface area (Å²) < 4.78 is 27.9. The Morgan fingerprint density at radius 2 is 0.869 bits per heavy atom. The molecule has 13 aromatic rings. The van der Waals surface area contributed by atoms with Gasteiger partial charge in [0.15, 0.2) is 5.78 Å². The average Bonchev–Trinajstić information content (AvgIpc) is 1.61. The van der Waals surface area contributed by atoms with Crippen molar-refractivity contribution in [3.63, 3.8) is 0 Å². The standard InChI is InChI=1S/C26H29N5OS.C22H27N5O2.C19H30BNO4.C14H14ClN.C8H11NO2S.C6H6ClN.C4H7N3/c1-17-12-19(20-10-11-27-24(13-20)30-21-14-29-31(5)16-21)7-6-18(17)8-9-22(32)23-15-28-25(33-23)26(2,3)4;1-15-10-16(6-7-18(15)12-24-21(28)29-22(2,3)4)17-8-9-23-20(11-17)26-19-13-25-27(5)14-19;1-13-11-15(20-24-18(5,6)19(7,8)25-20)10-9-14(13)12-21-16(22)23-17(2,3)4;1-3-11-4-5-12(8-10(11)2)13-6-7-16-14(15)9-13;1-8(2,3)7-9-4-5(12-7)6(10)11;1-5-2-3-8-6(7)4-5;1-7-3-4(5)2-6-7/h6-7,10-16H,8-9H2,1-5H3,(H,27,30);6-11,13-14H,12H2,1-5H3,(H,23,26)(H,24,28);9-11H,12H2,1-8H3,(H,21,22);4-9H,3H2,1-2H3;4H,1-3H3,(H,10,11);2-4H,1H3;2-3H,5H2,1H3. The summed E-state index contributed by atoms with van der Waals surface area (Å²) >= 11 is 14.2. The predicted octanol–water partition coefficient (Wildman–Crippen LogP) is 22.4. The summed E-state index contributed by atoms with van der Waals surface area (Å²) in [6.45, 7) is 44.9. The first-order chi connectivity index (χ1) is 60.9. The van der Waals surface area contributed by atoms with Gasteiger partial charge >= 0.3 is 25.3 Å². The average molecular weight is 1840 g/mol. The second kappa shape index (κ2) is 46.0. The number of hydrogen-bond donors (Lipinski definition) is 6. The zero-order valence-corrected chi connectivity index (χ0v) is 82.5. The van der Waals surface area contributed by atoms with E-state index in [-0.39, 0.29) is 34.9 Å². The van der Waals surface area contributed by atoms with E-state index in [0.29, 0.717) is 40.4 Å². The Kier molecular flexibility index (Phi) is 36.6. The molecule has 0 spiro atoms. The number of ether oxygens (including phenoxy) is 2. The number of carbonyl (C=O) groups is 4. The van der Waals surface area contributed by atoms with Crippen LogP contribution in [0.4, 0.5) is 38.3 Å². The Hall–Kier alpha value is -12.0. The minimum Gasteiger partial charge on any atom is -0.477 e. The molecule has 1 aliphatic heterocycles. The second-order valence-corrected chi connectivity index (χ2v) is 39.3. The maximum absolute atomic E-state index is 12.7. The molecule has 0 bridgehead atoms. The molecular weight excluding hydrogens is 1720 g/mol. The van der Waals surface area contributed by atoms with Gasteiger partial charge in [0, 0.05) is 101 Å². The number of anilines is 5. The number of nitrogens with zero attached hydrogens (tertiary/aromatic N) is 12. The molecule has 9 aromatic heterocycles. The molecule has 0 radical (unpaired) electrons. The predicted molar refractivity (Wildman–Crippen MR) is 526 cm³/mol. The molecule has 0 aliphatic carbocycles. The SMILES string of the molecule is CC(C)(C)c1ncc(C(=O)O)s1.CCc1ccc(-c2ccnc(Cl)c2)cc1C.Cc1cc(-c2ccnc(Nc3cnn(C)c3)c2)ccc1CCC(=O)c1cnc(C(C)(C)C)s1.Cc1cc(-c2ccnc(Nc3cnn(C)c3)c2)ccc1CNC(=O)OC(C)(C)C.Cc1cc(B2OC(C)(C)C(C)(C)O2)ccc1CNC(=O)OC(C)(C)C.Cc1ccnc(Cl)c1.Cn1cc(N)cn1. The monoisotopic (exact) mass is 1840 g/mol. The van der Waals surface area contributed by atoms with Crippen LogP contribution < -0.4 is 32.5 Å². The molecule has 14 rings (SSSR count). The number of alkyl carbamates (subject to hydrolysis) is 2. The molecule has 1 aliphatic rings. The molecule has 0 saturated carbocycles. The van der Waals surface area contributed by atoms with Crippen LogP contribution in [-0.4, -0.2) is 118 Å². The van der Waals surface area contributed by atoms with Crippen molar-refractivity contribution in [3.05, 3.63) is 276 Å². The number of rotatable bonds is 18. The lowest BCUT2D eigenvalue weighted by Crippen LogP contribution is -2.41. The lowest BCUT2D eigenvalue weighted by Gasteiger charge is -2.32. The zero-order valence-electron chi connectivity index (χ0n) is 79.3. The minimum absolute atomic E-state index is 0.0318. The number of benzene rings is 4. The number of carboxylic acid groups (broad SMARTS) is 1. The van der Waals surface area contributed by atoms with Crippen LogP contribution in [0.1, 0.15) is 204 Å². The smallest absolute Gasteiger partial charge is 0.477 e. The molecule has 0 atom stereocenters. The van der Waals surface area contributed by atoms with E-state index in [1.807, 2.05) is 223 Å². The van der Waals surface area contributed by atoms with E-state index in [1.54, 1.807) is 69.8 Å². The number of hydrogen-bond acceptors (Lipinski definition) is 22. The number of thiazole rings is 2. The summed E-state index contributed by atoms with van der Waals surface area (Å²) in [7, 11) is 5.21. The normalized spacial score (nSPS) is 12.5. The van der Waals surface area contributed by atoms with Gasteiger partial charge in [-0.25, -0.2) is 44.3 Å². The van der Waals surface area contributed by atoms with Crippen LogP contribution in [0.2, 0.25) is 10.3 Å². The second-order valence-electron chi connectivity index (χ2n) is 36.4. The molecule has 7 N–H and O–H groups in total. The number of aryl methyl sites for hydroxylation is 10. The number of nitrogens with one attached hydrogen (secondary N) is 4. The Labute approximate surface area is 783 Å². The van der Waals surface area contributed by atoms with Crippen molar-refractivity contribution in [2.45, 2.75) is 218 Å². The number of carboxylic acids is 1. The first-order valence-electron chi connectivity index (χ1n) is 42.6. The van der Waals surface area contributed by atoms with Crippen LogP contribution in [0.3, 0.4) is 0 Å². The van der Waals surface area contributed by atoms with Gasteiger partial charge in [0.05, 0.1) is 67.9 Å². The Morgan fingerprint density at radius 3 is 1.22 bits per heavy atom. The van der Waals surface area contributed by atoms with Gasteiger partial charge < -0.3 is 50.9 Å². The summed E-state index contributed by atoms with van der Waals surface area (Å²) in [5, 5.41) is 35.9. The van der Waals surface area contributed by atoms with Gasteiger partial charge in [0.2, 0.25) is 0 Å². The molecule has 1 fully saturated rings. The van der Waals surface area contributed by atoms with Crippen molar-refractivity contribution < 1.29 is 43.1 Å². The fourth-order valence-corrected chi connectivity index (χ4v) is 14.7. The van der Waals surface area contributed by atoms with Crippen LogP contribution in [0.15, 0.2) is 196 Å². The molecule has 4 aromatic carbocycles. The molecule has 2 amide bonds. The van der Waals surface area contributed by atoms with Gasteiger partial charge in [-0.15, -0.1) is 22.7 Å². The molecule has 31 heteroatoms. The highest BCUT2D eigenvalue weighted by Gasteiger charge is 2.52. The highest BCUT2D eigenvalue weighted by Crippen LogP contribution is 2.38. The van der Waals surface area contributed by atoms with Gasteiger partial charge in [-0.05, 0) is 254 Å². The fraction of sp³-hybridized carbons (Fsp3) is 0.364. The molecule has 26 nitrogen and oxygen atoms in total. The van der Waals surface area contributed by atoms with Crippen molar-refractivity contribution in [1.29, 1.82) is 0 Å². The Bertz CT molecular complexity index is 5900. The van der Waals surface area contributed by atoms with Crippen molar-refractivity contribution in [2.75, 3.05) is 16.4 Å². The van der Waals surface area contributed by atoms with Gasteiger partial charge in [-0.2, -0.15) is 15.3 Å². The molecule has 688 valence electrons. The lowest BCUT2D eigenvalue weighted by atomic mass is 9.78. The van der Waals surface area contributed by atoms with E-state index in [9.17, 15) is 19.2 Å². The molecular formula is C99H124BCl2N17O9S2. The summed E-state index contributed by atoms with van der Waals surface area (Å²) in [5.41, 5.74) is 24.1. The number of nitrogen functional groups attached to an aromatic ring is 1. The van der Waals surface area contributed by atoms with Crippen LogP contribution in [0.5, 0.6) is 0 Å². The third-order valence-corrected chi connectivity index (χ3v) is 23.4. The highest BCUT2D eigenvalue weighted by molar-refractivity contribution is 7.14. The third-order valence-electron chi connectivity index (χ3n) is 20.2. The van der Waals surface area contributed by atoms with Gasteiger partial charge in [-0.3, -0.25) is 18.8 Å². The number of halogens is 2. The van der Waals surface area contributed by atoms with Crippen molar-refractivity contribution in [3.8, 4) is 33.4 Å². The molecule has 10 heterocycles. The van der Waals surface area contributed by atoms with E-state index >= 15 is 0 Å². The van der Waals surface area contributed by atoms with Gasteiger partial charge in [0.1, 0.15) is 38.0 Å². The number of aromatic carboxylic acids is 1. The molecule has 130 heavy (non-hydrogen) atoms. The van der Waals surface area contributed by atoms with E-state index in [2.05, 4.69) is 150 Å². The van der Waals surface area contributed by atoms with Crippen LogP contribution in [-0.2, 0) is 76.7 Å². The van der Waals surface area contributed by atoms with Crippen molar-refractivity contribution in [1.82, 2.24) is 69.9 Å². The third kappa shape index (κ3) is 33.2. The van der Waals surface area contributed by atoms with Gasteiger partial charge in [-0.1, -0.05) is 144 Å². The van der Waals surface area contributed by atoms with Gasteiger partial charge in [0.25, 0.3) is 0 Å². The molecule has 1 saturated heterocycles. The summed E-state index contributed by atoms with van der Waals surface area (Å²) in [6, 6.07) is 40.7. The number of amides is 2. The summed E-state index contributed by atoms with van der Waals surface area (Å²) in [5.74, 6) is 0.783. The topological polar surface area (TPSA) is 330 Å².